The first-order chi connectivity index (χ1) is 13.3. The number of carbonyl (C=O) groups excluding carboxylic acids is 1. The minimum Gasteiger partial charge on any atom is -0.381 e. The lowest BCUT2D eigenvalue weighted by molar-refractivity contribution is 0.0949. The summed E-state index contributed by atoms with van der Waals surface area (Å²) in [7, 11) is 0. The molecule has 1 amide bonds. The molecule has 3 aromatic rings. The minimum absolute atomic E-state index is 0.102. The van der Waals surface area contributed by atoms with Crippen LogP contribution in [0.25, 0.3) is 22.2 Å². The maximum absolute atomic E-state index is 12.4. The predicted molar refractivity (Wildman–Crippen MR) is 114 cm³/mol. The fourth-order valence-corrected chi connectivity index (χ4v) is 2.86. The number of hydrogen-bond acceptors (Lipinski definition) is 4. The molecule has 3 aromatic heterocycles. The summed E-state index contributed by atoms with van der Waals surface area (Å²) in [5, 5.41) is 7.35. The molecule has 0 spiro atoms. The van der Waals surface area contributed by atoms with Crippen molar-refractivity contribution in [2.45, 2.75) is 40.7 Å². The third-order valence-corrected chi connectivity index (χ3v) is 4.91. The molecule has 0 bridgehead atoms. The van der Waals surface area contributed by atoms with Gasteiger partial charge >= 0.3 is 0 Å². The van der Waals surface area contributed by atoms with E-state index < -0.39 is 0 Å². The van der Waals surface area contributed by atoms with Gasteiger partial charge in [0.05, 0.1) is 11.3 Å². The molecule has 0 aliphatic rings. The number of pyridine rings is 2. The molecule has 0 saturated carbocycles. The van der Waals surface area contributed by atoms with Crippen LogP contribution < -0.4 is 10.6 Å². The predicted octanol–water partition coefficient (Wildman–Crippen LogP) is 4.47. The molecular weight excluding hydrogens is 350 g/mol. The zero-order valence-corrected chi connectivity index (χ0v) is 17.2. The number of rotatable bonds is 7. The highest BCUT2D eigenvalue weighted by Gasteiger charge is 2.13. The number of H-pyrrole nitrogens is 1. The van der Waals surface area contributed by atoms with Crippen molar-refractivity contribution in [2.75, 3.05) is 11.9 Å². The van der Waals surface area contributed by atoms with Gasteiger partial charge in [-0.15, -0.1) is 0 Å². The second-order valence-corrected chi connectivity index (χ2v) is 8.07. The zero-order chi connectivity index (χ0) is 20.3. The summed E-state index contributed by atoms with van der Waals surface area (Å²) in [6.45, 7) is 11.3. The van der Waals surface area contributed by atoms with Crippen LogP contribution in [0.1, 0.15) is 45.0 Å². The SMILES string of the molecule is CC(C)CNC(=O)c1cnc2[nH]cc(-c3cncc(N[C@@H](C)C(C)C)c3)c2c1. The van der Waals surface area contributed by atoms with E-state index in [1.54, 1.807) is 6.20 Å². The van der Waals surface area contributed by atoms with Crippen LogP contribution in [0.4, 0.5) is 5.69 Å². The highest BCUT2D eigenvalue weighted by Crippen LogP contribution is 2.29. The summed E-state index contributed by atoms with van der Waals surface area (Å²) in [6, 6.07) is 4.32. The lowest BCUT2D eigenvalue weighted by Gasteiger charge is -2.18. The number of anilines is 1. The molecule has 0 aliphatic carbocycles. The number of carbonyl (C=O) groups is 1. The van der Waals surface area contributed by atoms with E-state index in [1.807, 2.05) is 24.7 Å². The standard InChI is InChI=1S/C22H29N5O/c1-13(2)8-26-22(28)17-7-19-20(12-25-21(19)24-10-17)16-6-18(11-23-9-16)27-15(5)14(3)4/h6-7,9-15,27H,8H2,1-5H3,(H,24,25)(H,26,28)/t15-/m0/s1. The Hall–Kier alpha value is -2.89. The Morgan fingerprint density at radius 3 is 2.61 bits per heavy atom. The highest BCUT2D eigenvalue weighted by atomic mass is 16.1. The first-order valence-corrected chi connectivity index (χ1v) is 9.82. The van der Waals surface area contributed by atoms with Crippen molar-refractivity contribution in [3.8, 4) is 11.1 Å². The average Bonchev–Trinajstić information content (AvgIpc) is 3.09. The fraction of sp³-hybridized carbons (Fsp3) is 0.409. The lowest BCUT2D eigenvalue weighted by atomic mass is 10.0. The van der Waals surface area contributed by atoms with Gasteiger partial charge in [-0.25, -0.2) is 4.98 Å². The summed E-state index contributed by atoms with van der Waals surface area (Å²) in [5.41, 5.74) is 4.25. The minimum atomic E-state index is -0.102. The van der Waals surface area contributed by atoms with Crippen molar-refractivity contribution in [1.29, 1.82) is 0 Å². The maximum atomic E-state index is 12.4. The second kappa shape index (κ2) is 8.42. The van der Waals surface area contributed by atoms with Crippen LogP contribution in [-0.2, 0) is 0 Å². The maximum Gasteiger partial charge on any atom is 0.252 e. The van der Waals surface area contributed by atoms with Gasteiger partial charge in [0.1, 0.15) is 5.65 Å². The third-order valence-electron chi connectivity index (χ3n) is 4.91. The summed E-state index contributed by atoms with van der Waals surface area (Å²) in [4.78, 5) is 24.4. The summed E-state index contributed by atoms with van der Waals surface area (Å²) in [6.07, 6.45) is 7.19. The smallest absolute Gasteiger partial charge is 0.252 e. The van der Waals surface area contributed by atoms with Gasteiger partial charge in [0, 0.05) is 53.9 Å². The Labute approximate surface area is 166 Å². The first kappa shape index (κ1) is 19.9. The van der Waals surface area contributed by atoms with Gasteiger partial charge in [-0.3, -0.25) is 9.78 Å². The van der Waals surface area contributed by atoms with Crippen molar-refractivity contribution in [1.82, 2.24) is 20.3 Å². The number of hydrogen-bond donors (Lipinski definition) is 3. The molecule has 1 atom stereocenters. The summed E-state index contributed by atoms with van der Waals surface area (Å²) in [5.74, 6) is 0.820. The zero-order valence-electron chi connectivity index (χ0n) is 17.2. The number of fused-ring (bicyclic) bond motifs is 1. The third kappa shape index (κ3) is 4.50. The largest absolute Gasteiger partial charge is 0.381 e. The lowest BCUT2D eigenvalue weighted by Crippen LogP contribution is -2.27. The van der Waals surface area contributed by atoms with E-state index in [9.17, 15) is 4.79 Å². The Morgan fingerprint density at radius 2 is 1.89 bits per heavy atom. The van der Waals surface area contributed by atoms with Crippen molar-refractivity contribution >= 4 is 22.6 Å². The van der Waals surface area contributed by atoms with Crippen molar-refractivity contribution in [3.05, 3.63) is 42.5 Å². The van der Waals surface area contributed by atoms with E-state index in [0.29, 0.717) is 30.0 Å². The molecule has 3 rings (SSSR count). The second-order valence-electron chi connectivity index (χ2n) is 8.07. The van der Waals surface area contributed by atoms with Crippen LogP contribution in [0.3, 0.4) is 0 Å². The molecule has 0 saturated heterocycles. The Bertz CT molecular complexity index is 960. The van der Waals surface area contributed by atoms with E-state index in [-0.39, 0.29) is 5.91 Å². The van der Waals surface area contributed by atoms with E-state index in [1.165, 1.54) is 0 Å². The van der Waals surface area contributed by atoms with Crippen LogP contribution in [0.15, 0.2) is 36.9 Å². The number of aromatic amines is 1. The number of nitrogens with zero attached hydrogens (tertiary/aromatic N) is 2. The number of nitrogens with one attached hydrogen (secondary N) is 3. The van der Waals surface area contributed by atoms with Gasteiger partial charge in [0.2, 0.25) is 0 Å². The monoisotopic (exact) mass is 379 g/mol. The van der Waals surface area contributed by atoms with Crippen molar-refractivity contribution in [2.24, 2.45) is 11.8 Å². The van der Waals surface area contributed by atoms with Crippen LogP contribution in [0, 0.1) is 11.8 Å². The molecule has 0 radical (unpaired) electrons. The van der Waals surface area contributed by atoms with Gasteiger partial charge in [-0.05, 0) is 30.9 Å². The van der Waals surface area contributed by atoms with Crippen LogP contribution in [0.5, 0.6) is 0 Å². The highest BCUT2D eigenvalue weighted by molar-refractivity contribution is 6.01. The average molecular weight is 380 g/mol. The quantitative estimate of drug-likeness (QED) is 0.566. The molecule has 0 aliphatic heterocycles. The Morgan fingerprint density at radius 1 is 1.11 bits per heavy atom. The molecule has 0 aromatic carbocycles. The summed E-state index contributed by atoms with van der Waals surface area (Å²) < 4.78 is 0. The number of amides is 1. The molecule has 3 N–H and O–H groups in total. The van der Waals surface area contributed by atoms with E-state index >= 15 is 0 Å². The first-order valence-electron chi connectivity index (χ1n) is 9.82. The van der Waals surface area contributed by atoms with Gasteiger partial charge in [-0.1, -0.05) is 27.7 Å². The molecule has 6 heteroatoms. The van der Waals surface area contributed by atoms with E-state index in [0.717, 1.165) is 27.8 Å². The van der Waals surface area contributed by atoms with Gasteiger partial charge < -0.3 is 15.6 Å². The molecular formula is C22H29N5O. The molecule has 148 valence electrons. The number of aromatic nitrogens is 3. The van der Waals surface area contributed by atoms with Crippen molar-refractivity contribution in [3.63, 3.8) is 0 Å². The fourth-order valence-electron chi connectivity index (χ4n) is 2.86. The van der Waals surface area contributed by atoms with E-state index in [4.69, 9.17) is 0 Å². The Kier molecular flexibility index (Phi) is 5.97. The molecule has 0 unspecified atom stereocenters. The van der Waals surface area contributed by atoms with Crippen LogP contribution in [-0.4, -0.2) is 33.4 Å². The topological polar surface area (TPSA) is 82.7 Å². The molecule has 28 heavy (non-hydrogen) atoms. The van der Waals surface area contributed by atoms with E-state index in [2.05, 4.69) is 66.3 Å². The van der Waals surface area contributed by atoms with Gasteiger partial charge in [-0.2, -0.15) is 0 Å². The van der Waals surface area contributed by atoms with Crippen molar-refractivity contribution < 1.29 is 4.79 Å². The summed E-state index contributed by atoms with van der Waals surface area (Å²) >= 11 is 0. The van der Waals surface area contributed by atoms with Gasteiger partial charge in [0.15, 0.2) is 0 Å². The Balaban J connectivity index is 1.91. The van der Waals surface area contributed by atoms with Crippen LogP contribution in [0.2, 0.25) is 0 Å². The molecule has 3 heterocycles. The van der Waals surface area contributed by atoms with Crippen LogP contribution >= 0.6 is 0 Å². The molecule has 6 nitrogen and oxygen atoms in total. The normalized spacial score (nSPS) is 12.5. The molecule has 0 fully saturated rings. The van der Waals surface area contributed by atoms with Gasteiger partial charge in [0.25, 0.3) is 5.91 Å².